The van der Waals surface area contributed by atoms with E-state index in [1.54, 1.807) is 13.8 Å². The quantitative estimate of drug-likeness (QED) is 0.909. The summed E-state index contributed by atoms with van der Waals surface area (Å²) < 4.78 is 12.5. The second-order valence-electron chi connectivity index (χ2n) is 5.17. The van der Waals surface area contributed by atoms with Gasteiger partial charge in [-0.3, -0.25) is 14.0 Å². The molecule has 1 aliphatic heterocycles. The first kappa shape index (κ1) is 14.5. The van der Waals surface area contributed by atoms with Crippen LogP contribution < -0.4 is 5.32 Å². The summed E-state index contributed by atoms with van der Waals surface area (Å²) in [5, 5.41) is 2.70. The topological polar surface area (TPSA) is 49.4 Å². The Kier molecular flexibility index (Phi) is 4.06. The second-order valence-corrected chi connectivity index (χ2v) is 5.17. The summed E-state index contributed by atoms with van der Waals surface area (Å²) in [6.07, 6.45) is 0.230. The molecule has 0 bridgehead atoms. The normalized spacial score (nSPS) is 26.6. The molecule has 2 unspecified atom stereocenters. The molecule has 0 aromatic heterocycles. The van der Waals surface area contributed by atoms with E-state index < -0.39 is 18.3 Å². The number of benzene rings is 1. The lowest BCUT2D eigenvalue weighted by molar-refractivity contribution is -0.156. The van der Waals surface area contributed by atoms with Crippen LogP contribution in [0.1, 0.15) is 25.8 Å². The molecule has 2 rings (SSSR count). The molecule has 1 aromatic rings. The van der Waals surface area contributed by atoms with Gasteiger partial charge in [0.25, 0.3) is 5.91 Å². The molecule has 1 aromatic carbocycles. The number of halogens is 1. The van der Waals surface area contributed by atoms with Gasteiger partial charge in [-0.25, -0.2) is 0 Å². The fraction of sp³-hybridized carbons (Fsp3) is 0.467. The predicted octanol–water partition coefficient (Wildman–Crippen LogP) is 1.61. The molecule has 1 aliphatic rings. The zero-order valence-electron chi connectivity index (χ0n) is 11.7. The van der Waals surface area contributed by atoms with Gasteiger partial charge in [0.05, 0.1) is 6.67 Å². The van der Waals surface area contributed by atoms with Crippen molar-refractivity contribution in [3.63, 3.8) is 0 Å². The Labute approximate surface area is 118 Å². The van der Waals surface area contributed by atoms with Crippen LogP contribution in [0.15, 0.2) is 30.3 Å². The van der Waals surface area contributed by atoms with Gasteiger partial charge < -0.3 is 10.2 Å². The number of alkyl halides is 1. The van der Waals surface area contributed by atoms with E-state index in [4.69, 9.17) is 0 Å². The van der Waals surface area contributed by atoms with Crippen LogP contribution in [0, 0.1) is 0 Å². The smallest absolute Gasteiger partial charge is 0.250 e. The summed E-state index contributed by atoms with van der Waals surface area (Å²) in [4.78, 5) is 26.3. The highest BCUT2D eigenvalue weighted by Gasteiger charge is 2.48. The maximum Gasteiger partial charge on any atom is 0.250 e. The standard InChI is InChI=1S/C15H19FN2O2/c1-11-13(19)18(10-6-9-16)15(2,14(20)17-11)12-7-4-3-5-8-12/h3-5,7-8,11H,6,9-10H2,1-2H3,(H,17,20). The van der Waals surface area contributed by atoms with Crippen molar-refractivity contribution in [2.24, 2.45) is 0 Å². The molecule has 0 spiro atoms. The molecule has 1 fully saturated rings. The number of nitrogens with zero attached hydrogens (tertiary/aromatic N) is 1. The fourth-order valence-electron chi connectivity index (χ4n) is 2.58. The minimum atomic E-state index is -1.08. The van der Waals surface area contributed by atoms with E-state index in [1.807, 2.05) is 30.3 Å². The summed E-state index contributed by atoms with van der Waals surface area (Å²) in [6, 6.07) is 8.55. The molecule has 1 heterocycles. The van der Waals surface area contributed by atoms with Crippen molar-refractivity contribution in [3.8, 4) is 0 Å². The Hall–Kier alpha value is -1.91. The highest BCUT2D eigenvalue weighted by atomic mass is 19.1. The molecule has 0 radical (unpaired) electrons. The van der Waals surface area contributed by atoms with Crippen molar-refractivity contribution in [2.75, 3.05) is 13.2 Å². The van der Waals surface area contributed by atoms with Crippen molar-refractivity contribution in [2.45, 2.75) is 31.8 Å². The van der Waals surface area contributed by atoms with Gasteiger partial charge >= 0.3 is 0 Å². The van der Waals surface area contributed by atoms with Crippen LogP contribution in [0.4, 0.5) is 4.39 Å². The van der Waals surface area contributed by atoms with Gasteiger partial charge in [-0.2, -0.15) is 0 Å². The van der Waals surface area contributed by atoms with Crippen molar-refractivity contribution in [1.82, 2.24) is 10.2 Å². The molecule has 4 nitrogen and oxygen atoms in total. The van der Waals surface area contributed by atoms with Crippen molar-refractivity contribution < 1.29 is 14.0 Å². The molecule has 0 saturated carbocycles. The van der Waals surface area contributed by atoms with Crippen LogP contribution in [0.2, 0.25) is 0 Å². The Morgan fingerprint density at radius 2 is 1.95 bits per heavy atom. The molecule has 20 heavy (non-hydrogen) atoms. The maximum atomic E-state index is 12.5. The van der Waals surface area contributed by atoms with E-state index in [1.165, 1.54) is 4.90 Å². The average molecular weight is 278 g/mol. The Morgan fingerprint density at radius 1 is 1.30 bits per heavy atom. The highest BCUT2D eigenvalue weighted by molar-refractivity contribution is 5.99. The Bertz CT molecular complexity index is 506. The van der Waals surface area contributed by atoms with Gasteiger partial charge in [-0.1, -0.05) is 30.3 Å². The van der Waals surface area contributed by atoms with E-state index in [2.05, 4.69) is 5.32 Å². The van der Waals surface area contributed by atoms with Crippen LogP contribution in [0.5, 0.6) is 0 Å². The molecule has 5 heteroatoms. The van der Waals surface area contributed by atoms with Gasteiger partial charge in [-0.05, 0) is 25.8 Å². The first-order chi connectivity index (χ1) is 9.51. The monoisotopic (exact) mass is 278 g/mol. The first-order valence-corrected chi connectivity index (χ1v) is 6.75. The molecular formula is C15H19FN2O2. The number of nitrogens with one attached hydrogen (secondary N) is 1. The summed E-state index contributed by atoms with van der Waals surface area (Å²) in [5.74, 6) is -0.404. The van der Waals surface area contributed by atoms with Gasteiger partial charge in [0.2, 0.25) is 5.91 Å². The number of carbonyl (C=O) groups excluding carboxylic acids is 2. The largest absolute Gasteiger partial charge is 0.342 e. The first-order valence-electron chi connectivity index (χ1n) is 6.75. The van der Waals surface area contributed by atoms with Crippen molar-refractivity contribution >= 4 is 11.8 Å². The highest BCUT2D eigenvalue weighted by Crippen LogP contribution is 2.32. The van der Waals surface area contributed by atoms with E-state index >= 15 is 0 Å². The number of piperazine rings is 1. The number of hydrogen-bond acceptors (Lipinski definition) is 2. The van der Waals surface area contributed by atoms with Crippen molar-refractivity contribution in [1.29, 1.82) is 0 Å². The van der Waals surface area contributed by atoms with Gasteiger partial charge in [0.15, 0.2) is 0 Å². The number of rotatable bonds is 4. The van der Waals surface area contributed by atoms with Gasteiger partial charge in [-0.15, -0.1) is 0 Å². The van der Waals surface area contributed by atoms with Crippen LogP contribution >= 0.6 is 0 Å². The van der Waals surface area contributed by atoms with Gasteiger partial charge in [0.1, 0.15) is 11.6 Å². The van der Waals surface area contributed by atoms with E-state index in [-0.39, 0.29) is 24.8 Å². The molecular weight excluding hydrogens is 259 g/mol. The zero-order chi connectivity index (χ0) is 14.8. The van der Waals surface area contributed by atoms with Crippen LogP contribution in [-0.4, -0.2) is 36.0 Å². The molecule has 2 atom stereocenters. The lowest BCUT2D eigenvalue weighted by Gasteiger charge is -2.45. The zero-order valence-corrected chi connectivity index (χ0v) is 11.7. The molecule has 1 saturated heterocycles. The summed E-state index contributed by atoms with van der Waals surface area (Å²) in [5.41, 5.74) is -0.350. The van der Waals surface area contributed by atoms with Crippen molar-refractivity contribution in [3.05, 3.63) is 35.9 Å². The minimum Gasteiger partial charge on any atom is -0.342 e. The molecule has 0 aliphatic carbocycles. The second kappa shape index (κ2) is 5.61. The third kappa shape index (κ3) is 2.28. The third-order valence-corrected chi connectivity index (χ3v) is 3.82. The fourth-order valence-corrected chi connectivity index (χ4v) is 2.58. The molecule has 2 amide bonds. The minimum absolute atomic E-state index is 0.176. The molecule has 108 valence electrons. The van der Waals surface area contributed by atoms with Crippen LogP contribution in [-0.2, 0) is 15.1 Å². The van der Waals surface area contributed by atoms with E-state index in [9.17, 15) is 14.0 Å². The average Bonchev–Trinajstić information content (AvgIpc) is 2.46. The van der Waals surface area contributed by atoms with Crippen LogP contribution in [0.3, 0.4) is 0 Å². The number of carbonyl (C=O) groups is 2. The molecule has 1 N–H and O–H groups in total. The van der Waals surface area contributed by atoms with E-state index in [0.29, 0.717) is 0 Å². The van der Waals surface area contributed by atoms with E-state index in [0.717, 1.165) is 5.56 Å². The SMILES string of the molecule is CC1NC(=O)C(C)(c2ccccc2)N(CCCF)C1=O. The van der Waals surface area contributed by atoms with Crippen LogP contribution in [0.25, 0.3) is 0 Å². The number of amides is 2. The lowest BCUT2D eigenvalue weighted by atomic mass is 9.85. The summed E-state index contributed by atoms with van der Waals surface area (Å²) >= 11 is 0. The lowest BCUT2D eigenvalue weighted by Crippen LogP contribution is -2.67. The Morgan fingerprint density at radius 3 is 2.55 bits per heavy atom. The number of hydrogen-bond donors (Lipinski definition) is 1. The third-order valence-electron chi connectivity index (χ3n) is 3.82. The predicted molar refractivity (Wildman–Crippen MR) is 73.7 cm³/mol. The van der Waals surface area contributed by atoms with Gasteiger partial charge in [0, 0.05) is 6.54 Å². The summed E-state index contributed by atoms with van der Waals surface area (Å²) in [7, 11) is 0. The summed E-state index contributed by atoms with van der Waals surface area (Å²) in [6.45, 7) is 3.08. The Balaban J connectivity index is 2.44. The maximum absolute atomic E-state index is 12.5.